The van der Waals surface area contributed by atoms with Gasteiger partial charge in [-0.15, -0.1) is 0 Å². The Labute approximate surface area is 82.9 Å². The lowest BCUT2D eigenvalue weighted by molar-refractivity contribution is 0.0535. The molecule has 3 heteroatoms. The van der Waals surface area contributed by atoms with Crippen molar-refractivity contribution in [2.75, 3.05) is 0 Å². The molecular formula is C11H13NO2. The lowest BCUT2D eigenvalue weighted by Gasteiger charge is -2.09. The molecule has 0 radical (unpaired) electrons. The van der Waals surface area contributed by atoms with Crippen LogP contribution in [0.15, 0.2) is 18.2 Å². The van der Waals surface area contributed by atoms with Crippen molar-refractivity contribution in [1.82, 2.24) is 0 Å². The van der Waals surface area contributed by atoms with E-state index in [1.165, 1.54) is 0 Å². The number of carbonyl (C=O) groups excluding carboxylic acids is 1. The van der Waals surface area contributed by atoms with E-state index in [-0.39, 0.29) is 12.0 Å². The second kappa shape index (κ2) is 3.42. The van der Waals surface area contributed by atoms with E-state index in [0.29, 0.717) is 12.2 Å². The van der Waals surface area contributed by atoms with Gasteiger partial charge in [0.25, 0.3) is 0 Å². The SMILES string of the molecule is CCC(N)c1ccc2c(c1)COC2=O. The van der Waals surface area contributed by atoms with Crippen LogP contribution in [0.2, 0.25) is 0 Å². The Bertz CT molecular complexity index is 374. The summed E-state index contributed by atoms with van der Waals surface area (Å²) in [5.41, 5.74) is 8.60. The Morgan fingerprint density at radius 1 is 1.57 bits per heavy atom. The highest BCUT2D eigenvalue weighted by molar-refractivity contribution is 5.93. The average Bonchev–Trinajstić information content (AvgIpc) is 2.59. The number of carbonyl (C=O) groups is 1. The fourth-order valence-corrected chi connectivity index (χ4v) is 1.62. The molecule has 0 fully saturated rings. The van der Waals surface area contributed by atoms with Gasteiger partial charge in [-0.05, 0) is 24.1 Å². The lowest BCUT2D eigenvalue weighted by atomic mass is 10.0. The maximum absolute atomic E-state index is 11.2. The maximum Gasteiger partial charge on any atom is 0.338 e. The van der Waals surface area contributed by atoms with Gasteiger partial charge in [-0.25, -0.2) is 4.79 Å². The van der Waals surface area contributed by atoms with Crippen LogP contribution in [0.25, 0.3) is 0 Å². The molecule has 0 aliphatic carbocycles. The fourth-order valence-electron chi connectivity index (χ4n) is 1.62. The first kappa shape index (κ1) is 9.21. The molecule has 0 saturated carbocycles. The summed E-state index contributed by atoms with van der Waals surface area (Å²) in [7, 11) is 0. The van der Waals surface area contributed by atoms with Crippen LogP contribution in [0, 0.1) is 0 Å². The summed E-state index contributed by atoms with van der Waals surface area (Å²) in [6, 6.07) is 5.72. The first-order valence-electron chi connectivity index (χ1n) is 4.78. The van der Waals surface area contributed by atoms with E-state index in [0.717, 1.165) is 17.5 Å². The van der Waals surface area contributed by atoms with Crippen LogP contribution >= 0.6 is 0 Å². The third kappa shape index (κ3) is 1.40. The number of rotatable bonds is 2. The molecule has 0 saturated heterocycles. The second-order valence-corrected chi connectivity index (χ2v) is 3.51. The van der Waals surface area contributed by atoms with E-state index in [1.54, 1.807) is 6.07 Å². The highest BCUT2D eigenvalue weighted by atomic mass is 16.5. The smallest absolute Gasteiger partial charge is 0.338 e. The van der Waals surface area contributed by atoms with Crippen molar-refractivity contribution in [2.24, 2.45) is 5.73 Å². The zero-order valence-electron chi connectivity index (χ0n) is 8.12. The molecule has 1 aromatic carbocycles. The second-order valence-electron chi connectivity index (χ2n) is 3.51. The molecule has 0 spiro atoms. The highest BCUT2D eigenvalue weighted by Crippen LogP contribution is 2.24. The van der Waals surface area contributed by atoms with Crippen molar-refractivity contribution in [3.8, 4) is 0 Å². The minimum atomic E-state index is -0.225. The third-order valence-electron chi connectivity index (χ3n) is 2.58. The zero-order chi connectivity index (χ0) is 10.1. The van der Waals surface area contributed by atoms with Gasteiger partial charge in [0.1, 0.15) is 6.61 Å². The van der Waals surface area contributed by atoms with Crippen molar-refractivity contribution < 1.29 is 9.53 Å². The Balaban J connectivity index is 2.37. The Hall–Kier alpha value is -1.35. The molecule has 1 unspecified atom stereocenters. The molecule has 2 N–H and O–H groups in total. The first-order valence-corrected chi connectivity index (χ1v) is 4.78. The summed E-state index contributed by atoms with van der Waals surface area (Å²) >= 11 is 0. The van der Waals surface area contributed by atoms with Gasteiger partial charge in [-0.3, -0.25) is 0 Å². The minimum Gasteiger partial charge on any atom is -0.457 e. The standard InChI is InChI=1S/C11H13NO2/c1-2-10(12)7-3-4-9-8(5-7)6-14-11(9)13/h3-5,10H,2,6,12H2,1H3. The number of cyclic esters (lactones) is 1. The summed E-state index contributed by atoms with van der Waals surface area (Å²) in [4.78, 5) is 11.2. The van der Waals surface area contributed by atoms with Crippen LogP contribution in [0.5, 0.6) is 0 Å². The van der Waals surface area contributed by atoms with Crippen LogP contribution in [-0.2, 0) is 11.3 Å². The Morgan fingerprint density at radius 3 is 3.07 bits per heavy atom. The van der Waals surface area contributed by atoms with Crippen molar-refractivity contribution >= 4 is 5.97 Å². The van der Waals surface area contributed by atoms with Crippen molar-refractivity contribution in [3.05, 3.63) is 34.9 Å². The van der Waals surface area contributed by atoms with Crippen LogP contribution in [0.1, 0.15) is 40.9 Å². The van der Waals surface area contributed by atoms with Gasteiger partial charge in [0.15, 0.2) is 0 Å². The van der Waals surface area contributed by atoms with Crippen LogP contribution in [0.4, 0.5) is 0 Å². The lowest BCUT2D eigenvalue weighted by Crippen LogP contribution is -2.09. The number of fused-ring (bicyclic) bond motifs is 1. The van der Waals surface area contributed by atoms with E-state index in [4.69, 9.17) is 10.5 Å². The third-order valence-corrected chi connectivity index (χ3v) is 2.58. The number of benzene rings is 1. The van der Waals surface area contributed by atoms with Gasteiger partial charge in [0, 0.05) is 11.6 Å². The minimum absolute atomic E-state index is 0.0519. The summed E-state index contributed by atoms with van der Waals surface area (Å²) in [5.74, 6) is -0.225. The van der Waals surface area contributed by atoms with Crippen LogP contribution in [0.3, 0.4) is 0 Å². The number of ether oxygens (including phenoxy) is 1. The predicted octanol–water partition coefficient (Wildman–Crippen LogP) is 1.77. The summed E-state index contributed by atoms with van der Waals surface area (Å²) in [5, 5.41) is 0. The number of hydrogen-bond acceptors (Lipinski definition) is 3. The molecule has 14 heavy (non-hydrogen) atoms. The molecule has 1 aliphatic rings. The monoisotopic (exact) mass is 191 g/mol. The highest BCUT2D eigenvalue weighted by Gasteiger charge is 2.21. The summed E-state index contributed by atoms with van der Waals surface area (Å²) < 4.78 is 4.91. The molecular weight excluding hydrogens is 178 g/mol. The Kier molecular flexibility index (Phi) is 2.25. The van der Waals surface area contributed by atoms with Crippen molar-refractivity contribution in [1.29, 1.82) is 0 Å². The molecule has 3 nitrogen and oxygen atoms in total. The molecule has 0 aromatic heterocycles. The first-order chi connectivity index (χ1) is 6.72. The average molecular weight is 191 g/mol. The van der Waals surface area contributed by atoms with Crippen molar-refractivity contribution in [2.45, 2.75) is 26.0 Å². The molecule has 1 heterocycles. The summed E-state index contributed by atoms with van der Waals surface area (Å²) in [6.45, 7) is 2.43. The molecule has 0 amide bonds. The number of esters is 1. The fraction of sp³-hybridized carbons (Fsp3) is 0.364. The van der Waals surface area contributed by atoms with E-state index in [2.05, 4.69) is 0 Å². The number of nitrogens with two attached hydrogens (primary N) is 1. The molecule has 1 atom stereocenters. The van der Waals surface area contributed by atoms with Gasteiger partial charge in [0.05, 0.1) is 5.56 Å². The topological polar surface area (TPSA) is 52.3 Å². The van der Waals surface area contributed by atoms with E-state index < -0.39 is 0 Å². The van der Waals surface area contributed by atoms with Crippen molar-refractivity contribution in [3.63, 3.8) is 0 Å². The van der Waals surface area contributed by atoms with Gasteiger partial charge >= 0.3 is 5.97 Å². The van der Waals surface area contributed by atoms with E-state index in [9.17, 15) is 4.79 Å². The van der Waals surface area contributed by atoms with Crippen LogP contribution < -0.4 is 5.73 Å². The van der Waals surface area contributed by atoms with E-state index in [1.807, 2.05) is 19.1 Å². The molecule has 1 aromatic rings. The Morgan fingerprint density at radius 2 is 2.36 bits per heavy atom. The van der Waals surface area contributed by atoms with Gasteiger partial charge in [0.2, 0.25) is 0 Å². The van der Waals surface area contributed by atoms with Gasteiger partial charge in [-0.1, -0.05) is 13.0 Å². The van der Waals surface area contributed by atoms with Crippen LogP contribution in [-0.4, -0.2) is 5.97 Å². The normalized spacial score (nSPS) is 16.3. The molecule has 74 valence electrons. The quantitative estimate of drug-likeness (QED) is 0.725. The largest absolute Gasteiger partial charge is 0.457 e. The van der Waals surface area contributed by atoms with Gasteiger partial charge < -0.3 is 10.5 Å². The molecule has 2 rings (SSSR count). The van der Waals surface area contributed by atoms with E-state index >= 15 is 0 Å². The molecule has 1 aliphatic heterocycles. The zero-order valence-corrected chi connectivity index (χ0v) is 8.12. The maximum atomic E-state index is 11.2. The number of hydrogen-bond donors (Lipinski definition) is 1. The predicted molar refractivity (Wildman–Crippen MR) is 52.8 cm³/mol. The summed E-state index contributed by atoms with van der Waals surface area (Å²) in [6.07, 6.45) is 0.896. The molecule has 0 bridgehead atoms. The van der Waals surface area contributed by atoms with Gasteiger partial charge in [-0.2, -0.15) is 0 Å².